The van der Waals surface area contributed by atoms with Crippen LogP contribution in [0.4, 0.5) is 16.3 Å². The average Bonchev–Trinajstić information content (AvgIpc) is 2.95. The van der Waals surface area contributed by atoms with Crippen molar-refractivity contribution in [3.8, 4) is 0 Å². The Kier molecular flexibility index (Phi) is 4.66. The van der Waals surface area contributed by atoms with Gasteiger partial charge in [0, 0.05) is 31.0 Å². The van der Waals surface area contributed by atoms with Gasteiger partial charge in [-0.15, -0.1) is 0 Å². The van der Waals surface area contributed by atoms with Crippen LogP contribution >= 0.6 is 15.9 Å². The Morgan fingerprint density at radius 1 is 1.25 bits per heavy atom. The van der Waals surface area contributed by atoms with Crippen LogP contribution in [-0.4, -0.2) is 34.5 Å². The summed E-state index contributed by atoms with van der Waals surface area (Å²) in [5, 5.41) is 5.53. The molecule has 0 fully saturated rings. The van der Waals surface area contributed by atoms with Gasteiger partial charge in [0.1, 0.15) is 11.5 Å². The van der Waals surface area contributed by atoms with Gasteiger partial charge in [-0.3, -0.25) is 0 Å². The molecule has 3 heterocycles. The monoisotopic (exact) mass is 388 g/mol. The zero-order valence-electron chi connectivity index (χ0n) is 13.3. The standard InChI is InChI=1S/C16H17BrN6O/c1-22(2)14-6-4-12(7-18-14)21-16(24)19-8-13-10-23-9-11(17)3-5-15(23)20-13/h3-7,9-10H,8H2,1-2H3,(H2,19,21,24). The number of pyridine rings is 2. The Labute approximate surface area is 147 Å². The Morgan fingerprint density at radius 3 is 2.79 bits per heavy atom. The Balaban J connectivity index is 1.58. The predicted octanol–water partition coefficient (Wildman–Crippen LogP) is 2.88. The molecule has 0 saturated heterocycles. The van der Waals surface area contributed by atoms with Crippen LogP contribution in [0.1, 0.15) is 5.69 Å². The molecule has 3 aromatic heterocycles. The maximum Gasteiger partial charge on any atom is 0.319 e. The predicted molar refractivity (Wildman–Crippen MR) is 97.3 cm³/mol. The van der Waals surface area contributed by atoms with E-state index in [0.717, 1.165) is 21.6 Å². The first-order chi connectivity index (χ1) is 11.5. The summed E-state index contributed by atoms with van der Waals surface area (Å²) in [6.45, 7) is 0.342. The van der Waals surface area contributed by atoms with E-state index in [2.05, 4.69) is 36.5 Å². The second-order valence-electron chi connectivity index (χ2n) is 5.45. The van der Waals surface area contributed by atoms with Crippen LogP contribution in [0.5, 0.6) is 0 Å². The van der Waals surface area contributed by atoms with Gasteiger partial charge in [0.15, 0.2) is 0 Å². The number of halogens is 1. The minimum atomic E-state index is -0.298. The van der Waals surface area contributed by atoms with Gasteiger partial charge in [-0.05, 0) is 40.2 Å². The number of carbonyl (C=O) groups is 1. The van der Waals surface area contributed by atoms with E-state index in [1.165, 1.54) is 0 Å². The lowest BCUT2D eigenvalue weighted by atomic mass is 10.4. The highest BCUT2D eigenvalue weighted by atomic mass is 79.9. The van der Waals surface area contributed by atoms with Crippen molar-refractivity contribution in [1.82, 2.24) is 19.7 Å². The van der Waals surface area contributed by atoms with E-state index in [0.29, 0.717) is 12.2 Å². The van der Waals surface area contributed by atoms with Crippen LogP contribution in [0.2, 0.25) is 0 Å². The van der Waals surface area contributed by atoms with E-state index < -0.39 is 0 Å². The molecule has 3 rings (SSSR count). The number of urea groups is 1. The van der Waals surface area contributed by atoms with Gasteiger partial charge >= 0.3 is 6.03 Å². The van der Waals surface area contributed by atoms with Crippen LogP contribution in [-0.2, 0) is 6.54 Å². The molecule has 0 bridgehead atoms. The van der Waals surface area contributed by atoms with Crippen molar-refractivity contribution >= 4 is 39.1 Å². The van der Waals surface area contributed by atoms with Gasteiger partial charge in [-0.25, -0.2) is 14.8 Å². The number of hydrogen-bond acceptors (Lipinski definition) is 4. The first kappa shape index (κ1) is 16.3. The zero-order valence-corrected chi connectivity index (χ0v) is 14.9. The molecule has 0 saturated carbocycles. The molecule has 0 aliphatic heterocycles. The van der Waals surface area contributed by atoms with E-state index in [1.807, 2.05) is 60.1 Å². The third-order valence-electron chi connectivity index (χ3n) is 3.36. The van der Waals surface area contributed by atoms with E-state index in [1.54, 1.807) is 6.20 Å². The Morgan fingerprint density at radius 2 is 2.08 bits per heavy atom. The molecule has 0 aliphatic carbocycles. The number of amides is 2. The van der Waals surface area contributed by atoms with Gasteiger partial charge in [-0.2, -0.15) is 0 Å². The summed E-state index contributed by atoms with van der Waals surface area (Å²) >= 11 is 3.42. The number of aromatic nitrogens is 3. The number of nitrogens with zero attached hydrogens (tertiary/aromatic N) is 4. The smallest absolute Gasteiger partial charge is 0.319 e. The molecule has 24 heavy (non-hydrogen) atoms. The van der Waals surface area contributed by atoms with Crippen molar-refractivity contribution < 1.29 is 4.79 Å². The molecule has 0 aliphatic rings. The summed E-state index contributed by atoms with van der Waals surface area (Å²) in [5.41, 5.74) is 2.25. The molecule has 0 aromatic carbocycles. The van der Waals surface area contributed by atoms with Crippen molar-refractivity contribution in [2.45, 2.75) is 6.54 Å². The molecule has 0 spiro atoms. The molecule has 8 heteroatoms. The van der Waals surface area contributed by atoms with Crippen LogP contribution in [0, 0.1) is 0 Å². The van der Waals surface area contributed by atoms with E-state index in [9.17, 15) is 4.79 Å². The van der Waals surface area contributed by atoms with Crippen LogP contribution in [0.15, 0.2) is 47.3 Å². The summed E-state index contributed by atoms with van der Waals surface area (Å²) in [6, 6.07) is 7.19. The first-order valence-electron chi connectivity index (χ1n) is 7.32. The molecular formula is C16H17BrN6O. The highest BCUT2D eigenvalue weighted by Crippen LogP contribution is 2.13. The number of carbonyl (C=O) groups excluding carboxylic acids is 1. The molecule has 0 radical (unpaired) electrons. The van der Waals surface area contributed by atoms with Crippen LogP contribution in [0.3, 0.4) is 0 Å². The number of fused-ring (bicyclic) bond motifs is 1. The second kappa shape index (κ2) is 6.88. The second-order valence-corrected chi connectivity index (χ2v) is 6.37. The normalized spacial score (nSPS) is 10.6. The fraction of sp³-hybridized carbons (Fsp3) is 0.188. The summed E-state index contributed by atoms with van der Waals surface area (Å²) < 4.78 is 2.88. The lowest BCUT2D eigenvalue weighted by Gasteiger charge is -2.11. The zero-order chi connectivity index (χ0) is 17.1. The third kappa shape index (κ3) is 3.83. The number of rotatable bonds is 4. The van der Waals surface area contributed by atoms with Crippen molar-refractivity contribution in [2.75, 3.05) is 24.3 Å². The fourth-order valence-electron chi connectivity index (χ4n) is 2.17. The first-order valence-corrected chi connectivity index (χ1v) is 8.12. The quantitative estimate of drug-likeness (QED) is 0.720. The molecule has 2 N–H and O–H groups in total. The van der Waals surface area contributed by atoms with Crippen molar-refractivity contribution in [1.29, 1.82) is 0 Å². The van der Waals surface area contributed by atoms with Gasteiger partial charge in [0.2, 0.25) is 0 Å². The maximum absolute atomic E-state index is 12.0. The molecule has 2 amide bonds. The summed E-state index contributed by atoms with van der Waals surface area (Å²) in [5.74, 6) is 0.830. The van der Waals surface area contributed by atoms with Crippen molar-refractivity contribution in [3.63, 3.8) is 0 Å². The number of nitrogens with one attached hydrogen (secondary N) is 2. The fourth-order valence-corrected chi connectivity index (χ4v) is 2.53. The topological polar surface area (TPSA) is 74.6 Å². The Hall–Kier alpha value is -2.61. The molecule has 0 unspecified atom stereocenters. The maximum atomic E-state index is 12.0. The SMILES string of the molecule is CN(C)c1ccc(NC(=O)NCc2cn3cc(Br)ccc3n2)cn1. The summed E-state index contributed by atoms with van der Waals surface area (Å²) in [4.78, 5) is 22.6. The number of imidazole rings is 1. The highest BCUT2D eigenvalue weighted by Gasteiger charge is 2.06. The highest BCUT2D eigenvalue weighted by molar-refractivity contribution is 9.10. The molecule has 0 atom stereocenters. The molecule has 3 aromatic rings. The van der Waals surface area contributed by atoms with Crippen LogP contribution in [0.25, 0.3) is 5.65 Å². The van der Waals surface area contributed by atoms with E-state index in [4.69, 9.17) is 0 Å². The number of anilines is 2. The summed E-state index contributed by atoms with van der Waals surface area (Å²) in [6.07, 6.45) is 5.43. The average molecular weight is 389 g/mol. The number of hydrogen-bond donors (Lipinski definition) is 2. The molecule has 124 valence electrons. The Bertz CT molecular complexity index is 859. The summed E-state index contributed by atoms with van der Waals surface area (Å²) in [7, 11) is 3.82. The minimum absolute atomic E-state index is 0.298. The largest absolute Gasteiger partial charge is 0.363 e. The van der Waals surface area contributed by atoms with E-state index in [-0.39, 0.29) is 6.03 Å². The lowest BCUT2D eigenvalue weighted by Crippen LogP contribution is -2.28. The lowest BCUT2D eigenvalue weighted by molar-refractivity contribution is 0.251. The van der Waals surface area contributed by atoms with Crippen molar-refractivity contribution in [2.24, 2.45) is 0 Å². The van der Waals surface area contributed by atoms with Gasteiger partial charge in [0.25, 0.3) is 0 Å². The molecule has 7 nitrogen and oxygen atoms in total. The van der Waals surface area contributed by atoms with E-state index >= 15 is 0 Å². The third-order valence-corrected chi connectivity index (χ3v) is 3.83. The van der Waals surface area contributed by atoms with Crippen LogP contribution < -0.4 is 15.5 Å². The van der Waals surface area contributed by atoms with Gasteiger partial charge in [-0.1, -0.05) is 0 Å². The molecular weight excluding hydrogens is 372 g/mol. The minimum Gasteiger partial charge on any atom is -0.363 e. The van der Waals surface area contributed by atoms with Gasteiger partial charge < -0.3 is 19.9 Å². The van der Waals surface area contributed by atoms with Gasteiger partial charge in [0.05, 0.1) is 24.1 Å². The van der Waals surface area contributed by atoms with Crippen molar-refractivity contribution in [3.05, 3.63) is 53.0 Å².